The van der Waals surface area contributed by atoms with Crippen molar-refractivity contribution in [3.63, 3.8) is 0 Å². The molecule has 0 radical (unpaired) electrons. The topological polar surface area (TPSA) is 61.1 Å². The zero-order valence-electron chi connectivity index (χ0n) is 9.71. The molecule has 0 aliphatic heterocycles. The summed E-state index contributed by atoms with van der Waals surface area (Å²) in [6.07, 6.45) is 2.02. The fourth-order valence-electron chi connectivity index (χ4n) is 1.95. The van der Waals surface area contributed by atoms with Crippen LogP contribution in [0.2, 0.25) is 0 Å². The molecule has 3 heterocycles. The summed E-state index contributed by atoms with van der Waals surface area (Å²) in [6, 6.07) is 2.04. The molecule has 0 fully saturated rings. The Bertz CT molecular complexity index is 675. The number of nitrogens with zero attached hydrogens (tertiary/aromatic N) is 4. The minimum atomic E-state index is 0.528. The Balaban J connectivity index is 2.18. The Kier molecular flexibility index (Phi) is 2.27. The standard InChI is InChI=1S/C11H13N5S/c1-7-3-10(15(2)14-7)9-5-16-8(4-12)6-17-11(16)13-9/h3,5-6H,4,12H2,1-2H3. The van der Waals surface area contributed by atoms with Crippen LogP contribution >= 0.6 is 11.3 Å². The third kappa shape index (κ3) is 1.57. The van der Waals surface area contributed by atoms with Crippen LogP contribution in [0.4, 0.5) is 0 Å². The van der Waals surface area contributed by atoms with Crippen molar-refractivity contribution < 1.29 is 0 Å². The highest BCUT2D eigenvalue weighted by atomic mass is 32.1. The van der Waals surface area contributed by atoms with Gasteiger partial charge in [0.05, 0.1) is 11.4 Å². The molecule has 0 spiro atoms. The number of thiazole rings is 1. The van der Waals surface area contributed by atoms with Gasteiger partial charge in [0, 0.05) is 30.9 Å². The van der Waals surface area contributed by atoms with E-state index >= 15 is 0 Å². The zero-order valence-corrected chi connectivity index (χ0v) is 10.5. The first-order chi connectivity index (χ1) is 8.19. The molecule has 5 nitrogen and oxygen atoms in total. The fourth-order valence-corrected chi connectivity index (χ4v) is 2.84. The van der Waals surface area contributed by atoms with E-state index in [0.717, 1.165) is 27.7 Å². The monoisotopic (exact) mass is 247 g/mol. The lowest BCUT2D eigenvalue weighted by Crippen LogP contribution is -1.99. The van der Waals surface area contributed by atoms with Crippen LogP contribution in [-0.4, -0.2) is 19.2 Å². The number of nitrogens with two attached hydrogens (primary N) is 1. The molecule has 3 aromatic rings. The summed E-state index contributed by atoms with van der Waals surface area (Å²) in [5.74, 6) is 0. The molecule has 88 valence electrons. The van der Waals surface area contributed by atoms with Gasteiger partial charge >= 0.3 is 0 Å². The van der Waals surface area contributed by atoms with Crippen molar-refractivity contribution in [1.29, 1.82) is 0 Å². The molecule has 0 aliphatic rings. The average molecular weight is 247 g/mol. The molecule has 0 saturated carbocycles. The molecule has 0 saturated heterocycles. The van der Waals surface area contributed by atoms with Gasteiger partial charge in [-0.05, 0) is 13.0 Å². The second kappa shape index (κ2) is 3.68. The van der Waals surface area contributed by atoms with Gasteiger partial charge in [-0.15, -0.1) is 11.3 Å². The van der Waals surface area contributed by atoms with Gasteiger partial charge in [0.2, 0.25) is 0 Å². The third-order valence-electron chi connectivity index (χ3n) is 2.76. The molecule has 0 aromatic carbocycles. The van der Waals surface area contributed by atoms with Crippen molar-refractivity contribution >= 4 is 16.3 Å². The summed E-state index contributed by atoms with van der Waals surface area (Å²) >= 11 is 1.61. The Morgan fingerprint density at radius 3 is 2.94 bits per heavy atom. The average Bonchev–Trinajstić information content (AvgIpc) is 2.91. The maximum Gasteiger partial charge on any atom is 0.194 e. The van der Waals surface area contributed by atoms with Crippen LogP contribution in [0.3, 0.4) is 0 Å². The van der Waals surface area contributed by atoms with Crippen molar-refractivity contribution in [3.05, 3.63) is 29.0 Å². The SMILES string of the molecule is Cc1cc(-c2cn3c(CN)csc3n2)n(C)n1. The van der Waals surface area contributed by atoms with Gasteiger partial charge in [0.15, 0.2) is 4.96 Å². The summed E-state index contributed by atoms with van der Waals surface area (Å²) in [7, 11) is 1.93. The summed E-state index contributed by atoms with van der Waals surface area (Å²) < 4.78 is 3.90. The van der Waals surface area contributed by atoms with E-state index in [1.807, 2.05) is 40.7 Å². The number of fused-ring (bicyclic) bond motifs is 1. The molecule has 3 rings (SSSR count). The van der Waals surface area contributed by atoms with Crippen LogP contribution in [0.25, 0.3) is 16.3 Å². The maximum absolute atomic E-state index is 5.68. The molecular weight excluding hydrogens is 234 g/mol. The number of hydrogen-bond acceptors (Lipinski definition) is 4. The highest BCUT2D eigenvalue weighted by Gasteiger charge is 2.12. The van der Waals surface area contributed by atoms with Crippen LogP contribution < -0.4 is 5.73 Å². The van der Waals surface area contributed by atoms with Crippen molar-refractivity contribution in [2.24, 2.45) is 12.8 Å². The molecule has 3 aromatic heterocycles. The predicted molar refractivity (Wildman–Crippen MR) is 67.9 cm³/mol. The number of rotatable bonds is 2. The Morgan fingerprint density at radius 1 is 1.47 bits per heavy atom. The lowest BCUT2D eigenvalue weighted by molar-refractivity contribution is 0.762. The normalized spacial score (nSPS) is 11.5. The van der Waals surface area contributed by atoms with Crippen molar-refractivity contribution in [3.8, 4) is 11.4 Å². The van der Waals surface area contributed by atoms with Crippen LogP contribution in [-0.2, 0) is 13.6 Å². The smallest absolute Gasteiger partial charge is 0.194 e. The number of aromatic nitrogens is 4. The first-order valence-electron chi connectivity index (χ1n) is 5.35. The lowest BCUT2D eigenvalue weighted by Gasteiger charge is -1.95. The maximum atomic E-state index is 5.68. The summed E-state index contributed by atoms with van der Waals surface area (Å²) in [5.41, 5.74) is 9.74. The summed E-state index contributed by atoms with van der Waals surface area (Å²) in [5, 5.41) is 6.37. The summed E-state index contributed by atoms with van der Waals surface area (Å²) in [4.78, 5) is 5.56. The van der Waals surface area contributed by atoms with Crippen LogP contribution in [0.5, 0.6) is 0 Å². The van der Waals surface area contributed by atoms with E-state index in [1.165, 1.54) is 0 Å². The zero-order chi connectivity index (χ0) is 12.0. The highest BCUT2D eigenvalue weighted by Crippen LogP contribution is 2.23. The van der Waals surface area contributed by atoms with Gasteiger partial charge in [-0.3, -0.25) is 9.08 Å². The number of hydrogen-bond donors (Lipinski definition) is 1. The lowest BCUT2D eigenvalue weighted by atomic mass is 10.3. The molecule has 0 amide bonds. The van der Waals surface area contributed by atoms with E-state index in [4.69, 9.17) is 5.73 Å². The Morgan fingerprint density at radius 2 is 2.29 bits per heavy atom. The molecule has 2 N–H and O–H groups in total. The molecule has 6 heteroatoms. The van der Waals surface area contributed by atoms with E-state index in [1.54, 1.807) is 11.3 Å². The third-order valence-corrected chi connectivity index (χ3v) is 3.65. The Hall–Kier alpha value is -1.66. The van der Waals surface area contributed by atoms with Gasteiger partial charge in [-0.2, -0.15) is 5.10 Å². The van der Waals surface area contributed by atoms with Crippen LogP contribution in [0.15, 0.2) is 17.6 Å². The molecule has 17 heavy (non-hydrogen) atoms. The molecule has 0 atom stereocenters. The van der Waals surface area contributed by atoms with E-state index < -0.39 is 0 Å². The van der Waals surface area contributed by atoms with Crippen molar-refractivity contribution in [1.82, 2.24) is 19.2 Å². The fraction of sp³-hybridized carbons (Fsp3) is 0.273. The highest BCUT2D eigenvalue weighted by molar-refractivity contribution is 7.15. The van der Waals surface area contributed by atoms with E-state index in [-0.39, 0.29) is 0 Å². The summed E-state index contributed by atoms with van der Waals surface area (Å²) in [6.45, 7) is 2.51. The van der Waals surface area contributed by atoms with Gasteiger partial charge < -0.3 is 5.73 Å². The minimum absolute atomic E-state index is 0.528. The van der Waals surface area contributed by atoms with Crippen LogP contribution in [0.1, 0.15) is 11.4 Å². The van der Waals surface area contributed by atoms with Gasteiger partial charge in [-0.1, -0.05) is 0 Å². The first-order valence-corrected chi connectivity index (χ1v) is 6.23. The first kappa shape index (κ1) is 10.5. The predicted octanol–water partition coefficient (Wildman–Crippen LogP) is 1.56. The Labute approximate surface area is 103 Å². The largest absolute Gasteiger partial charge is 0.325 e. The van der Waals surface area contributed by atoms with Gasteiger partial charge in [0.25, 0.3) is 0 Å². The van der Waals surface area contributed by atoms with E-state index in [9.17, 15) is 0 Å². The molecule has 0 bridgehead atoms. The molecular formula is C11H13N5S. The van der Waals surface area contributed by atoms with Gasteiger partial charge in [0.1, 0.15) is 5.69 Å². The van der Waals surface area contributed by atoms with E-state index in [2.05, 4.69) is 10.1 Å². The minimum Gasteiger partial charge on any atom is -0.325 e. The molecule has 0 unspecified atom stereocenters. The second-order valence-corrected chi connectivity index (χ2v) is 4.84. The quantitative estimate of drug-likeness (QED) is 0.747. The number of imidazole rings is 1. The van der Waals surface area contributed by atoms with Gasteiger partial charge in [-0.25, -0.2) is 4.98 Å². The van der Waals surface area contributed by atoms with Crippen molar-refractivity contribution in [2.45, 2.75) is 13.5 Å². The second-order valence-electron chi connectivity index (χ2n) is 4.00. The molecule has 0 aliphatic carbocycles. The van der Waals surface area contributed by atoms with Crippen molar-refractivity contribution in [2.75, 3.05) is 0 Å². The van der Waals surface area contributed by atoms with Crippen LogP contribution in [0, 0.1) is 6.92 Å². The number of aryl methyl sites for hydroxylation is 2. The van der Waals surface area contributed by atoms with E-state index in [0.29, 0.717) is 6.54 Å².